The Morgan fingerprint density at radius 1 is 1.71 bits per heavy atom. The number of halogens is 1. The van der Waals surface area contributed by atoms with Gasteiger partial charge in [-0.15, -0.1) is 10.0 Å². The van der Waals surface area contributed by atoms with Crippen LogP contribution in [0.4, 0.5) is 5.82 Å². The summed E-state index contributed by atoms with van der Waals surface area (Å²) in [7, 11) is 0. The van der Waals surface area contributed by atoms with Crippen molar-refractivity contribution < 1.29 is 9.53 Å². The van der Waals surface area contributed by atoms with Crippen LogP contribution >= 0.6 is 11.8 Å². The molecule has 0 saturated heterocycles. The van der Waals surface area contributed by atoms with E-state index in [9.17, 15) is 4.79 Å². The molecule has 0 spiro atoms. The summed E-state index contributed by atoms with van der Waals surface area (Å²) in [4.78, 5) is 13.4. The molecule has 0 amide bonds. The number of hydrogen-bond acceptors (Lipinski definition) is 6. The molecule has 76 valence electrons. The minimum absolute atomic E-state index is 0.316. The number of carbonyl (C=O) groups excluding carboxylic acids is 1. The lowest BCUT2D eigenvalue weighted by Gasteiger charge is -2.03. The van der Waals surface area contributed by atoms with Crippen molar-refractivity contribution in [2.24, 2.45) is 0 Å². The molecule has 0 aliphatic heterocycles. The monoisotopic (exact) mass is 216 g/mol. The smallest absolute Gasteiger partial charge is 0.339 e. The minimum Gasteiger partial charge on any atom is -0.462 e. The second-order valence-corrected chi connectivity index (χ2v) is 2.46. The van der Waals surface area contributed by atoms with Gasteiger partial charge in [-0.2, -0.15) is 5.10 Å². The molecule has 0 aliphatic carbocycles. The molecule has 0 unspecified atom stereocenters. The van der Waals surface area contributed by atoms with E-state index in [1.807, 2.05) is 0 Å². The maximum absolute atomic E-state index is 11.2. The Hall–Kier alpha value is -1.40. The summed E-state index contributed by atoms with van der Waals surface area (Å²) in [6, 6.07) is 1.47. The predicted molar refractivity (Wildman–Crippen MR) is 50.6 cm³/mol. The normalized spacial score (nSPS) is 9.57. The summed E-state index contributed by atoms with van der Waals surface area (Å²) in [5, 5.41) is 7.25. The molecule has 6 nitrogen and oxygen atoms in total. The largest absolute Gasteiger partial charge is 0.462 e. The number of nitrogens with zero attached hydrogens (tertiary/aromatic N) is 2. The SMILES string of the molecule is CCOC(=O)c1cnnc(NNCl)c1. The average molecular weight is 217 g/mol. The highest BCUT2D eigenvalue weighted by molar-refractivity contribution is 6.13. The Labute approximate surface area is 85.7 Å². The van der Waals surface area contributed by atoms with Gasteiger partial charge in [0, 0.05) is 0 Å². The van der Waals surface area contributed by atoms with Crippen LogP contribution in [-0.4, -0.2) is 22.8 Å². The van der Waals surface area contributed by atoms with E-state index in [1.54, 1.807) is 6.92 Å². The van der Waals surface area contributed by atoms with Crippen molar-refractivity contribution in [1.29, 1.82) is 0 Å². The maximum atomic E-state index is 11.2. The fourth-order valence-electron chi connectivity index (χ4n) is 0.802. The number of rotatable bonds is 4. The highest BCUT2D eigenvalue weighted by Crippen LogP contribution is 2.05. The molecular weight excluding hydrogens is 208 g/mol. The van der Waals surface area contributed by atoms with Crippen molar-refractivity contribution in [2.75, 3.05) is 12.0 Å². The number of aromatic nitrogens is 2. The fourth-order valence-corrected chi connectivity index (χ4v) is 0.899. The zero-order chi connectivity index (χ0) is 10.4. The van der Waals surface area contributed by atoms with Gasteiger partial charge in [-0.1, -0.05) is 0 Å². The number of anilines is 1. The summed E-state index contributed by atoms with van der Waals surface area (Å²) in [6.45, 7) is 2.05. The van der Waals surface area contributed by atoms with Crippen molar-refractivity contribution in [2.45, 2.75) is 6.92 Å². The van der Waals surface area contributed by atoms with E-state index >= 15 is 0 Å². The fraction of sp³-hybridized carbons (Fsp3) is 0.286. The van der Waals surface area contributed by atoms with Crippen LogP contribution in [0.5, 0.6) is 0 Å². The van der Waals surface area contributed by atoms with Crippen LogP contribution in [0.15, 0.2) is 12.3 Å². The molecule has 2 N–H and O–H groups in total. The van der Waals surface area contributed by atoms with Crippen LogP contribution in [0.2, 0.25) is 0 Å². The quantitative estimate of drug-likeness (QED) is 0.439. The topological polar surface area (TPSA) is 76.1 Å². The van der Waals surface area contributed by atoms with Crippen molar-refractivity contribution in [3.05, 3.63) is 17.8 Å². The molecule has 1 heterocycles. The second kappa shape index (κ2) is 5.36. The molecule has 0 aromatic carbocycles. The van der Waals surface area contributed by atoms with E-state index in [1.165, 1.54) is 12.3 Å². The molecule has 1 rings (SSSR count). The number of ether oxygens (including phenoxy) is 1. The third kappa shape index (κ3) is 2.82. The Balaban J connectivity index is 2.77. The molecule has 0 radical (unpaired) electrons. The summed E-state index contributed by atoms with van der Waals surface area (Å²) in [6.07, 6.45) is 1.32. The van der Waals surface area contributed by atoms with Crippen molar-refractivity contribution in [3.8, 4) is 0 Å². The summed E-state index contributed by atoms with van der Waals surface area (Å²) < 4.78 is 4.77. The summed E-state index contributed by atoms with van der Waals surface area (Å²) in [5.74, 6) is -0.106. The number of nitrogens with one attached hydrogen (secondary N) is 2. The first kappa shape index (κ1) is 10.7. The molecular formula is C7H9ClN4O2. The minimum atomic E-state index is -0.444. The van der Waals surface area contributed by atoms with Gasteiger partial charge in [0.1, 0.15) is 0 Å². The lowest BCUT2D eigenvalue weighted by atomic mass is 10.3. The first-order valence-corrected chi connectivity index (χ1v) is 4.27. The molecule has 0 atom stereocenters. The van der Waals surface area contributed by atoms with Crippen LogP contribution in [0.25, 0.3) is 0 Å². The first-order valence-electron chi connectivity index (χ1n) is 3.89. The van der Waals surface area contributed by atoms with Crippen molar-refractivity contribution >= 4 is 23.6 Å². The number of hydrogen-bond donors (Lipinski definition) is 2. The standard InChI is InChI=1S/C7H9ClN4O2/c1-2-14-7(13)5-3-6(11-12-8)10-9-4-5/h3-4,12H,2H2,1H3,(H,10,11). The van der Waals surface area contributed by atoms with Gasteiger partial charge in [0.2, 0.25) is 0 Å². The van der Waals surface area contributed by atoms with Gasteiger partial charge in [-0.25, -0.2) is 4.79 Å². The van der Waals surface area contributed by atoms with Crippen LogP contribution < -0.4 is 10.4 Å². The van der Waals surface area contributed by atoms with Gasteiger partial charge < -0.3 is 4.74 Å². The van der Waals surface area contributed by atoms with Crippen LogP contribution in [0, 0.1) is 0 Å². The lowest BCUT2D eigenvalue weighted by molar-refractivity contribution is 0.0525. The molecule has 14 heavy (non-hydrogen) atoms. The second-order valence-electron chi connectivity index (χ2n) is 2.27. The number of carbonyl (C=O) groups is 1. The van der Waals surface area contributed by atoms with E-state index in [0.717, 1.165) is 0 Å². The Bertz CT molecular complexity index is 320. The number of hydrazine groups is 1. The average Bonchev–Trinajstić information content (AvgIpc) is 2.19. The van der Waals surface area contributed by atoms with Gasteiger partial charge in [0.15, 0.2) is 5.82 Å². The van der Waals surface area contributed by atoms with Gasteiger partial charge in [0.05, 0.1) is 18.4 Å². The predicted octanol–water partition coefficient (Wildman–Crippen LogP) is 0.724. The van der Waals surface area contributed by atoms with Crippen LogP contribution in [-0.2, 0) is 4.74 Å². The molecule has 1 aromatic heterocycles. The third-order valence-electron chi connectivity index (χ3n) is 1.34. The van der Waals surface area contributed by atoms with Crippen molar-refractivity contribution in [3.63, 3.8) is 0 Å². The summed E-state index contributed by atoms with van der Waals surface area (Å²) >= 11 is 5.18. The van der Waals surface area contributed by atoms with E-state index in [-0.39, 0.29) is 0 Å². The summed E-state index contributed by atoms with van der Waals surface area (Å²) in [5.41, 5.74) is 2.79. The molecule has 1 aromatic rings. The van der Waals surface area contributed by atoms with Gasteiger partial charge in [-0.3, -0.25) is 5.43 Å². The molecule has 7 heteroatoms. The Kier molecular flexibility index (Phi) is 4.09. The van der Waals surface area contributed by atoms with E-state index < -0.39 is 5.97 Å². The molecule has 0 aliphatic rings. The van der Waals surface area contributed by atoms with Crippen LogP contribution in [0.1, 0.15) is 17.3 Å². The lowest BCUT2D eigenvalue weighted by Crippen LogP contribution is -2.13. The Morgan fingerprint density at radius 2 is 2.50 bits per heavy atom. The highest BCUT2D eigenvalue weighted by atomic mass is 35.5. The van der Waals surface area contributed by atoms with E-state index in [0.29, 0.717) is 18.0 Å². The van der Waals surface area contributed by atoms with Gasteiger partial charge >= 0.3 is 5.97 Å². The van der Waals surface area contributed by atoms with E-state index in [2.05, 4.69) is 20.6 Å². The van der Waals surface area contributed by atoms with Gasteiger partial charge in [0.25, 0.3) is 0 Å². The number of esters is 1. The molecule has 0 fully saturated rings. The van der Waals surface area contributed by atoms with E-state index in [4.69, 9.17) is 16.5 Å². The third-order valence-corrected chi connectivity index (χ3v) is 1.44. The highest BCUT2D eigenvalue weighted by Gasteiger charge is 2.07. The van der Waals surface area contributed by atoms with Crippen LogP contribution in [0.3, 0.4) is 0 Å². The molecule has 0 saturated carbocycles. The molecule has 0 bridgehead atoms. The zero-order valence-corrected chi connectivity index (χ0v) is 8.21. The Morgan fingerprint density at radius 3 is 3.14 bits per heavy atom. The van der Waals surface area contributed by atoms with Crippen molar-refractivity contribution in [1.82, 2.24) is 15.1 Å². The zero-order valence-electron chi connectivity index (χ0n) is 7.45. The van der Waals surface area contributed by atoms with Gasteiger partial charge in [-0.05, 0) is 24.8 Å². The first-order chi connectivity index (χ1) is 6.77. The maximum Gasteiger partial charge on any atom is 0.339 e.